The normalized spacial score (nSPS) is 16.3. The Morgan fingerprint density at radius 1 is 1.03 bits per heavy atom. The minimum absolute atomic E-state index is 0.00965. The molecule has 0 aliphatic carbocycles. The summed E-state index contributed by atoms with van der Waals surface area (Å²) in [4.78, 5) is 17.4. The lowest BCUT2D eigenvalue weighted by atomic mass is 10.1. The van der Waals surface area contributed by atoms with Crippen LogP contribution in [0, 0.1) is 6.92 Å². The molecule has 0 aromatic heterocycles. The van der Waals surface area contributed by atoms with Crippen LogP contribution >= 0.6 is 0 Å². The van der Waals surface area contributed by atoms with Gasteiger partial charge in [0.15, 0.2) is 11.5 Å². The number of nitrogens with zero attached hydrogens (tertiary/aromatic N) is 2. The van der Waals surface area contributed by atoms with Crippen molar-refractivity contribution >= 4 is 11.6 Å². The number of aryl methyl sites for hydroxylation is 1. The van der Waals surface area contributed by atoms with E-state index in [1.165, 1.54) is 11.1 Å². The molecule has 156 valence electrons. The molecule has 1 amide bonds. The minimum atomic E-state index is -0.191. The van der Waals surface area contributed by atoms with Crippen molar-refractivity contribution in [2.45, 2.75) is 26.4 Å². The third-order valence-electron chi connectivity index (χ3n) is 5.64. The Bertz CT molecular complexity index is 832. The molecule has 2 aromatic rings. The Morgan fingerprint density at radius 3 is 2.38 bits per heavy atom. The summed E-state index contributed by atoms with van der Waals surface area (Å²) < 4.78 is 10.6. The lowest BCUT2D eigenvalue weighted by Crippen LogP contribution is -2.52. The van der Waals surface area contributed by atoms with Crippen LogP contribution < -0.4 is 14.8 Å². The van der Waals surface area contributed by atoms with Crippen molar-refractivity contribution in [2.75, 3.05) is 45.7 Å². The maximum atomic E-state index is 12.7. The summed E-state index contributed by atoms with van der Waals surface area (Å²) in [7, 11) is 3.18. The van der Waals surface area contributed by atoms with E-state index in [9.17, 15) is 4.79 Å². The lowest BCUT2D eigenvalue weighted by Gasteiger charge is -2.37. The van der Waals surface area contributed by atoms with E-state index in [1.54, 1.807) is 26.4 Å². The van der Waals surface area contributed by atoms with Gasteiger partial charge in [-0.3, -0.25) is 14.6 Å². The van der Waals surface area contributed by atoms with Crippen LogP contribution in [0.25, 0.3) is 0 Å². The number of hydrogen-bond acceptors (Lipinski definition) is 5. The quantitative estimate of drug-likeness (QED) is 0.778. The summed E-state index contributed by atoms with van der Waals surface area (Å²) in [6, 6.07) is 13.7. The lowest BCUT2D eigenvalue weighted by molar-refractivity contribution is -0.121. The van der Waals surface area contributed by atoms with Gasteiger partial charge in [-0.2, -0.15) is 0 Å². The zero-order chi connectivity index (χ0) is 20.8. The van der Waals surface area contributed by atoms with E-state index in [0.29, 0.717) is 17.2 Å². The summed E-state index contributed by atoms with van der Waals surface area (Å²) in [6.45, 7) is 8.77. The van der Waals surface area contributed by atoms with E-state index in [2.05, 4.69) is 46.3 Å². The Labute approximate surface area is 173 Å². The molecule has 1 fully saturated rings. The molecular formula is C23H31N3O3. The minimum Gasteiger partial charge on any atom is -0.493 e. The molecule has 1 aliphatic heterocycles. The summed E-state index contributed by atoms with van der Waals surface area (Å²) in [5.41, 5.74) is 3.41. The molecule has 1 aliphatic rings. The number of rotatable bonds is 7. The van der Waals surface area contributed by atoms with Crippen LogP contribution in [0.1, 0.15) is 18.1 Å². The zero-order valence-electron chi connectivity index (χ0n) is 17.8. The Hall–Kier alpha value is -2.57. The molecule has 1 saturated heterocycles. The van der Waals surface area contributed by atoms with Gasteiger partial charge in [0, 0.05) is 44.5 Å². The molecule has 3 rings (SSSR count). The predicted octanol–water partition coefficient (Wildman–Crippen LogP) is 3.16. The number of methoxy groups -OCH3 is 2. The van der Waals surface area contributed by atoms with Gasteiger partial charge >= 0.3 is 0 Å². The second kappa shape index (κ2) is 9.76. The number of nitrogens with one attached hydrogen (secondary N) is 1. The molecule has 0 saturated carbocycles. The first-order valence-electron chi connectivity index (χ1n) is 10.1. The summed E-state index contributed by atoms with van der Waals surface area (Å²) >= 11 is 0. The SMILES string of the molecule is COc1ccc(NC(=O)C(C)N2CCN(Cc3ccccc3C)CC2)cc1OC. The van der Waals surface area contributed by atoms with Crippen molar-refractivity contribution in [3.8, 4) is 11.5 Å². The van der Waals surface area contributed by atoms with Crippen molar-refractivity contribution < 1.29 is 14.3 Å². The molecular weight excluding hydrogens is 366 g/mol. The highest BCUT2D eigenvalue weighted by atomic mass is 16.5. The van der Waals surface area contributed by atoms with Crippen molar-refractivity contribution in [2.24, 2.45) is 0 Å². The topological polar surface area (TPSA) is 54.0 Å². The molecule has 1 unspecified atom stereocenters. The number of carbonyl (C=O) groups is 1. The number of ether oxygens (including phenoxy) is 2. The largest absolute Gasteiger partial charge is 0.493 e. The summed E-state index contributed by atoms with van der Waals surface area (Å²) in [6.07, 6.45) is 0. The Kier molecular flexibility index (Phi) is 7.12. The number of amides is 1. The first kappa shape index (κ1) is 21.1. The number of anilines is 1. The van der Waals surface area contributed by atoms with E-state index >= 15 is 0 Å². The van der Waals surface area contributed by atoms with Gasteiger partial charge in [-0.15, -0.1) is 0 Å². The predicted molar refractivity (Wildman–Crippen MR) is 116 cm³/mol. The number of carbonyl (C=O) groups excluding carboxylic acids is 1. The maximum Gasteiger partial charge on any atom is 0.241 e. The smallest absolute Gasteiger partial charge is 0.241 e. The van der Waals surface area contributed by atoms with Gasteiger partial charge < -0.3 is 14.8 Å². The highest BCUT2D eigenvalue weighted by Crippen LogP contribution is 2.29. The van der Waals surface area contributed by atoms with Gasteiger partial charge in [0.25, 0.3) is 0 Å². The van der Waals surface area contributed by atoms with Crippen LogP contribution in [0.2, 0.25) is 0 Å². The molecule has 29 heavy (non-hydrogen) atoms. The fraction of sp³-hybridized carbons (Fsp3) is 0.435. The van der Waals surface area contributed by atoms with Crippen molar-refractivity contribution in [3.05, 3.63) is 53.6 Å². The van der Waals surface area contributed by atoms with Crippen molar-refractivity contribution in [3.63, 3.8) is 0 Å². The number of benzene rings is 2. The highest BCUT2D eigenvalue weighted by molar-refractivity contribution is 5.94. The van der Waals surface area contributed by atoms with Gasteiger partial charge in [0.2, 0.25) is 5.91 Å². The standard InChI is InChI=1S/C23H31N3O3/c1-17-7-5-6-8-19(17)16-25-11-13-26(14-12-25)18(2)23(27)24-20-9-10-21(28-3)22(15-20)29-4/h5-10,15,18H,11-14,16H2,1-4H3,(H,24,27). The average Bonchev–Trinajstić information content (AvgIpc) is 2.75. The number of hydrogen-bond donors (Lipinski definition) is 1. The van der Waals surface area contributed by atoms with Crippen LogP contribution in [0.15, 0.2) is 42.5 Å². The first-order valence-corrected chi connectivity index (χ1v) is 10.1. The van der Waals surface area contributed by atoms with Crippen LogP contribution in [0.5, 0.6) is 11.5 Å². The van der Waals surface area contributed by atoms with E-state index < -0.39 is 0 Å². The maximum absolute atomic E-state index is 12.7. The van der Waals surface area contributed by atoms with E-state index in [-0.39, 0.29) is 11.9 Å². The summed E-state index contributed by atoms with van der Waals surface area (Å²) in [5.74, 6) is 1.23. The van der Waals surface area contributed by atoms with Crippen molar-refractivity contribution in [1.82, 2.24) is 9.80 Å². The van der Waals surface area contributed by atoms with E-state index in [4.69, 9.17) is 9.47 Å². The fourth-order valence-corrected chi connectivity index (χ4v) is 3.66. The van der Waals surface area contributed by atoms with Gasteiger partial charge in [0.05, 0.1) is 20.3 Å². The van der Waals surface area contributed by atoms with Gasteiger partial charge in [-0.1, -0.05) is 24.3 Å². The van der Waals surface area contributed by atoms with Gasteiger partial charge in [-0.25, -0.2) is 0 Å². The van der Waals surface area contributed by atoms with Crippen molar-refractivity contribution in [1.29, 1.82) is 0 Å². The zero-order valence-corrected chi connectivity index (χ0v) is 17.8. The molecule has 1 heterocycles. The van der Waals surface area contributed by atoms with Crippen LogP contribution in [0.4, 0.5) is 5.69 Å². The third-order valence-corrected chi connectivity index (χ3v) is 5.64. The molecule has 0 bridgehead atoms. The first-order chi connectivity index (χ1) is 14.0. The second-order valence-corrected chi connectivity index (χ2v) is 7.47. The molecule has 1 atom stereocenters. The molecule has 0 radical (unpaired) electrons. The van der Waals surface area contributed by atoms with Crippen LogP contribution in [0.3, 0.4) is 0 Å². The third kappa shape index (κ3) is 5.28. The fourth-order valence-electron chi connectivity index (χ4n) is 3.66. The molecule has 6 heteroatoms. The monoisotopic (exact) mass is 397 g/mol. The average molecular weight is 398 g/mol. The van der Waals surface area contributed by atoms with Gasteiger partial charge in [-0.05, 0) is 37.1 Å². The molecule has 0 spiro atoms. The molecule has 1 N–H and O–H groups in total. The molecule has 6 nitrogen and oxygen atoms in total. The number of piperazine rings is 1. The highest BCUT2D eigenvalue weighted by Gasteiger charge is 2.26. The van der Waals surface area contributed by atoms with Gasteiger partial charge in [0.1, 0.15) is 0 Å². The van der Waals surface area contributed by atoms with E-state index in [1.807, 2.05) is 13.0 Å². The van der Waals surface area contributed by atoms with Crippen LogP contribution in [-0.4, -0.2) is 62.1 Å². The Morgan fingerprint density at radius 2 is 1.72 bits per heavy atom. The van der Waals surface area contributed by atoms with Crippen LogP contribution in [-0.2, 0) is 11.3 Å². The summed E-state index contributed by atoms with van der Waals surface area (Å²) in [5, 5.41) is 2.99. The second-order valence-electron chi connectivity index (χ2n) is 7.47. The molecule has 2 aromatic carbocycles. The Balaban J connectivity index is 1.53. The van der Waals surface area contributed by atoms with E-state index in [0.717, 1.165) is 32.7 Å².